The summed E-state index contributed by atoms with van der Waals surface area (Å²) in [6.07, 6.45) is 3.66. The van der Waals surface area contributed by atoms with Gasteiger partial charge < -0.3 is 5.32 Å². The van der Waals surface area contributed by atoms with Crippen LogP contribution in [0.3, 0.4) is 0 Å². The molecule has 0 saturated heterocycles. The molecule has 1 heteroatoms. The molecular formula is C15H25N. The average Bonchev–Trinajstić information content (AvgIpc) is 2.29. The molecule has 0 saturated carbocycles. The van der Waals surface area contributed by atoms with Gasteiger partial charge in [-0.15, -0.1) is 0 Å². The lowest BCUT2D eigenvalue weighted by Gasteiger charge is -2.22. The van der Waals surface area contributed by atoms with E-state index in [9.17, 15) is 0 Å². The quantitative estimate of drug-likeness (QED) is 0.771. The van der Waals surface area contributed by atoms with Gasteiger partial charge in [-0.05, 0) is 38.3 Å². The smallest absolute Gasteiger partial charge is 0.00927 e. The predicted molar refractivity (Wildman–Crippen MR) is 71.8 cm³/mol. The number of hydrogen-bond donors (Lipinski definition) is 1. The van der Waals surface area contributed by atoms with Gasteiger partial charge in [0.1, 0.15) is 0 Å². The van der Waals surface area contributed by atoms with Crippen molar-refractivity contribution in [3.63, 3.8) is 0 Å². The van der Waals surface area contributed by atoms with E-state index in [0.717, 1.165) is 5.92 Å². The van der Waals surface area contributed by atoms with Crippen LogP contribution >= 0.6 is 0 Å². The topological polar surface area (TPSA) is 12.0 Å². The Morgan fingerprint density at radius 2 is 2.06 bits per heavy atom. The van der Waals surface area contributed by atoms with Gasteiger partial charge in [-0.1, -0.05) is 50.1 Å². The summed E-state index contributed by atoms with van der Waals surface area (Å²) in [6, 6.07) is 9.49. The van der Waals surface area contributed by atoms with Gasteiger partial charge in [0.15, 0.2) is 0 Å². The van der Waals surface area contributed by atoms with Crippen LogP contribution in [0.1, 0.15) is 37.8 Å². The minimum absolute atomic E-state index is 0.644. The Kier molecular flexibility index (Phi) is 5.54. The molecular weight excluding hydrogens is 194 g/mol. The molecule has 0 aliphatic rings. The van der Waals surface area contributed by atoms with Crippen LogP contribution in [0.2, 0.25) is 0 Å². The first-order chi connectivity index (χ1) is 7.67. The van der Waals surface area contributed by atoms with Crippen LogP contribution in [-0.4, -0.2) is 13.1 Å². The summed E-state index contributed by atoms with van der Waals surface area (Å²) in [7, 11) is 2.08. The van der Waals surface area contributed by atoms with Gasteiger partial charge in [-0.3, -0.25) is 0 Å². The molecule has 2 unspecified atom stereocenters. The van der Waals surface area contributed by atoms with Crippen LogP contribution < -0.4 is 5.32 Å². The summed E-state index contributed by atoms with van der Waals surface area (Å²) in [5, 5.41) is 3.44. The first-order valence-electron chi connectivity index (χ1n) is 6.40. The van der Waals surface area contributed by atoms with Crippen molar-refractivity contribution < 1.29 is 0 Å². The monoisotopic (exact) mass is 219 g/mol. The Morgan fingerprint density at radius 1 is 1.31 bits per heavy atom. The molecule has 1 N–H and O–H groups in total. The molecule has 0 amide bonds. The fourth-order valence-electron chi connectivity index (χ4n) is 2.19. The fraction of sp³-hybridized carbons (Fsp3) is 0.600. The van der Waals surface area contributed by atoms with Crippen molar-refractivity contribution in [2.45, 2.75) is 46.1 Å². The standard InChI is InChI=1S/C15H25N/c1-5-13(3)15(16-4)10-9-14-8-6-7-12(2)11-14/h6-8,11,13,15-16H,5,9-10H2,1-4H3. The van der Waals surface area contributed by atoms with Crippen molar-refractivity contribution in [3.05, 3.63) is 35.4 Å². The van der Waals surface area contributed by atoms with E-state index in [1.807, 2.05) is 0 Å². The number of benzene rings is 1. The lowest BCUT2D eigenvalue weighted by molar-refractivity contribution is 0.368. The Labute approximate surface area is 100 Å². The first kappa shape index (κ1) is 13.2. The van der Waals surface area contributed by atoms with Crippen LogP contribution in [0.5, 0.6) is 0 Å². The SMILES string of the molecule is CCC(C)C(CCc1cccc(C)c1)NC. The second-order valence-corrected chi connectivity index (χ2v) is 4.81. The second-order valence-electron chi connectivity index (χ2n) is 4.81. The Bertz CT molecular complexity index is 306. The third-order valence-electron chi connectivity index (χ3n) is 3.53. The Hall–Kier alpha value is -0.820. The third kappa shape index (κ3) is 3.97. The van der Waals surface area contributed by atoms with Crippen LogP contribution in [0.15, 0.2) is 24.3 Å². The van der Waals surface area contributed by atoms with E-state index < -0.39 is 0 Å². The largest absolute Gasteiger partial charge is 0.317 e. The maximum absolute atomic E-state index is 3.44. The summed E-state index contributed by atoms with van der Waals surface area (Å²) in [5.41, 5.74) is 2.82. The molecule has 0 spiro atoms. The van der Waals surface area contributed by atoms with Crippen LogP contribution in [-0.2, 0) is 6.42 Å². The van der Waals surface area contributed by atoms with Gasteiger partial charge in [-0.25, -0.2) is 0 Å². The van der Waals surface area contributed by atoms with E-state index in [1.54, 1.807) is 0 Å². The van der Waals surface area contributed by atoms with E-state index in [4.69, 9.17) is 0 Å². The number of nitrogens with one attached hydrogen (secondary N) is 1. The predicted octanol–water partition coefficient (Wildman–Crippen LogP) is 3.56. The highest BCUT2D eigenvalue weighted by atomic mass is 14.9. The zero-order chi connectivity index (χ0) is 12.0. The molecule has 0 aliphatic carbocycles. The highest BCUT2D eigenvalue weighted by molar-refractivity contribution is 5.22. The fourth-order valence-corrected chi connectivity index (χ4v) is 2.19. The van der Waals surface area contributed by atoms with E-state index in [-0.39, 0.29) is 0 Å². The number of aryl methyl sites for hydroxylation is 2. The molecule has 0 bridgehead atoms. The third-order valence-corrected chi connectivity index (χ3v) is 3.53. The maximum atomic E-state index is 3.44. The highest BCUT2D eigenvalue weighted by Crippen LogP contribution is 2.14. The molecule has 0 heterocycles. The van der Waals surface area contributed by atoms with E-state index in [2.05, 4.69) is 57.4 Å². The number of hydrogen-bond acceptors (Lipinski definition) is 1. The average molecular weight is 219 g/mol. The van der Waals surface area contributed by atoms with Gasteiger partial charge in [0, 0.05) is 6.04 Å². The van der Waals surface area contributed by atoms with Crippen LogP contribution in [0.25, 0.3) is 0 Å². The van der Waals surface area contributed by atoms with Crippen molar-refractivity contribution in [3.8, 4) is 0 Å². The zero-order valence-corrected chi connectivity index (χ0v) is 11.1. The first-order valence-corrected chi connectivity index (χ1v) is 6.40. The van der Waals surface area contributed by atoms with Crippen molar-refractivity contribution in [1.29, 1.82) is 0 Å². The minimum atomic E-state index is 0.644. The van der Waals surface area contributed by atoms with Gasteiger partial charge in [-0.2, -0.15) is 0 Å². The second kappa shape index (κ2) is 6.70. The van der Waals surface area contributed by atoms with Crippen molar-refractivity contribution in [1.82, 2.24) is 5.32 Å². The van der Waals surface area contributed by atoms with Crippen molar-refractivity contribution in [2.75, 3.05) is 7.05 Å². The molecule has 0 fully saturated rings. The van der Waals surface area contributed by atoms with Gasteiger partial charge >= 0.3 is 0 Å². The van der Waals surface area contributed by atoms with Crippen molar-refractivity contribution >= 4 is 0 Å². The van der Waals surface area contributed by atoms with E-state index >= 15 is 0 Å². The summed E-state index contributed by atoms with van der Waals surface area (Å²) < 4.78 is 0. The molecule has 0 radical (unpaired) electrons. The molecule has 0 aliphatic heterocycles. The molecule has 90 valence electrons. The van der Waals surface area contributed by atoms with Gasteiger partial charge in [0.25, 0.3) is 0 Å². The van der Waals surface area contributed by atoms with Crippen LogP contribution in [0, 0.1) is 12.8 Å². The zero-order valence-electron chi connectivity index (χ0n) is 11.1. The molecule has 0 aromatic heterocycles. The molecule has 16 heavy (non-hydrogen) atoms. The summed E-state index contributed by atoms with van der Waals surface area (Å²) >= 11 is 0. The molecule has 1 nitrogen and oxygen atoms in total. The van der Waals surface area contributed by atoms with Crippen LogP contribution in [0.4, 0.5) is 0 Å². The van der Waals surface area contributed by atoms with Crippen molar-refractivity contribution in [2.24, 2.45) is 5.92 Å². The maximum Gasteiger partial charge on any atom is 0.00927 e. The number of rotatable bonds is 6. The van der Waals surface area contributed by atoms with Gasteiger partial charge in [0.05, 0.1) is 0 Å². The summed E-state index contributed by atoms with van der Waals surface area (Å²) in [6.45, 7) is 6.76. The summed E-state index contributed by atoms with van der Waals surface area (Å²) in [4.78, 5) is 0. The Balaban J connectivity index is 2.49. The molecule has 1 rings (SSSR count). The highest BCUT2D eigenvalue weighted by Gasteiger charge is 2.12. The lowest BCUT2D eigenvalue weighted by Crippen LogP contribution is -2.32. The summed E-state index contributed by atoms with van der Waals surface area (Å²) in [5.74, 6) is 0.759. The van der Waals surface area contributed by atoms with E-state index in [1.165, 1.54) is 30.4 Å². The van der Waals surface area contributed by atoms with E-state index in [0.29, 0.717) is 6.04 Å². The molecule has 1 aromatic carbocycles. The normalized spacial score (nSPS) is 14.8. The Morgan fingerprint density at radius 3 is 2.62 bits per heavy atom. The molecule has 2 atom stereocenters. The minimum Gasteiger partial charge on any atom is -0.317 e. The van der Waals surface area contributed by atoms with Gasteiger partial charge in [0.2, 0.25) is 0 Å². The lowest BCUT2D eigenvalue weighted by atomic mass is 9.93. The molecule has 1 aromatic rings.